The molecule has 0 aliphatic heterocycles. The summed E-state index contributed by atoms with van der Waals surface area (Å²) in [5, 5.41) is 0. The molecular weight excluding hydrogens is 1270 g/mol. The number of hydrogen-bond donors (Lipinski definition) is 0. The first-order valence-electron chi connectivity index (χ1n) is 15.7. The van der Waals surface area contributed by atoms with Crippen molar-refractivity contribution in [2.24, 2.45) is 0 Å². The van der Waals surface area contributed by atoms with Crippen molar-refractivity contribution in [2.75, 3.05) is 0 Å². The van der Waals surface area contributed by atoms with E-state index in [0.29, 0.717) is 0 Å². The Hall–Kier alpha value is -3.83. The lowest BCUT2D eigenvalue weighted by Gasteiger charge is -2.46. The molecule has 51 heteroatoms. The molecule has 0 N–H and O–H groups in total. The summed E-state index contributed by atoms with van der Waals surface area (Å²) < 4.78 is 678. The van der Waals surface area contributed by atoms with E-state index >= 15 is 0 Å². The highest BCUT2D eigenvalue weighted by Crippen LogP contribution is 2.71. The SMILES string of the molecule is O=C(C(F)(F)C(F)(F)C(F)(F)C(F)(F)C(F)(F)C(F)(F)C(F)(F)C(F)(F)C(F)(F)C(F)(F)C(F)(F)C(F)(F)F)C(F)(F)C(F)(F)C(F)(F)C(F)(F)C(F)(F)C(F)(F)C(F)(F)C(F)(F)C(F)(F)C(F)(F)C(F)(F)C(F)(F)F. The molecule has 0 amide bonds. The Kier molecular flexibility index (Phi) is 16.2. The van der Waals surface area contributed by atoms with Gasteiger partial charge in [-0.2, -0.15) is 220 Å². The summed E-state index contributed by atoms with van der Waals surface area (Å²) in [5.41, 5.74) is 0. The second-order valence-corrected chi connectivity index (χ2v) is 14.0. The summed E-state index contributed by atoms with van der Waals surface area (Å²) in [5.74, 6) is -233. The minimum Gasteiger partial charge on any atom is -0.286 e. The van der Waals surface area contributed by atoms with E-state index in [9.17, 15) is 224 Å². The van der Waals surface area contributed by atoms with E-state index in [2.05, 4.69) is 0 Å². The van der Waals surface area contributed by atoms with Crippen molar-refractivity contribution < 1.29 is 224 Å². The minimum atomic E-state index is -10.7. The summed E-state index contributed by atoms with van der Waals surface area (Å²) in [6.07, 6.45) is -17.2. The van der Waals surface area contributed by atoms with E-state index in [-0.39, 0.29) is 0 Å². The zero-order valence-corrected chi connectivity index (χ0v) is 31.8. The number of Topliss-reactive ketones (excluding diaryl/α,β-unsaturated/α-hetero) is 1. The van der Waals surface area contributed by atoms with Gasteiger partial charge in [0, 0.05) is 0 Å². The van der Waals surface area contributed by atoms with E-state index in [1.54, 1.807) is 0 Å². The average molecular weight is 1270 g/mol. The van der Waals surface area contributed by atoms with Crippen molar-refractivity contribution in [3.8, 4) is 0 Å². The highest BCUT2D eigenvalue weighted by molar-refractivity contribution is 5.94. The third-order valence-corrected chi connectivity index (χ3v) is 9.17. The fraction of sp³-hybridized carbons (Fsp3) is 0.960. The molecule has 0 aliphatic rings. The quantitative estimate of drug-likeness (QED) is 0.0988. The van der Waals surface area contributed by atoms with Crippen LogP contribution in [0.1, 0.15) is 0 Å². The molecule has 0 atom stereocenters. The molecule has 0 aromatic heterocycles. The Morgan fingerprint density at radius 3 is 0.303 bits per heavy atom. The van der Waals surface area contributed by atoms with Gasteiger partial charge in [-0.3, -0.25) is 4.79 Å². The number of hydrogen-bond acceptors (Lipinski definition) is 1. The number of alkyl halides is 50. The highest BCUT2D eigenvalue weighted by atomic mass is 19.5. The third kappa shape index (κ3) is 7.90. The lowest BCUT2D eigenvalue weighted by Crippen LogP contribution is -2.79. The predicted molar refractivity (Wildman–Crippen MR) is 126 cm³/mol. The molecule has 1 nitrogen and oxygen atoms in total. The van der Waals surface area contributed by atoms with Gasteiger partial charge in [0.15, 0.2) is 0 Å². The van der Waals surface area contributed by atoms with Crippen molar-refractivity contribution >= 4 is 5.78 Å². The topological polar surface area (TPSA) is 17.1 Å². The smallest absolute Gasteiger partial charge is 0.286 e. The number of carbonyl (C=O) groups excluding carboxylic acids is 1. The van der Waals surface area contributed by atoms with Gasteiger partial charge in [0.2, 0.25) is 0 Å². The van der Waals surface area contributed by atoms with Crippen LogP contribution >= 0.6 is 0 Å². The molecule has 0 spiro atoms. The molecule has 0 unspecified atom stereocenters. The van der Waals surface area contributed by atoms with Gasteiger partial charge >= 0.3 is 143 Å². The summed E-state index contributed by atoms with van der Waals surface area (Å²) >= 11 is 0. The Balaban J connectivity index is 8.07. The van der Waals surface area contributed by atoms with Crippen molar-refractivity contribution in [1.29, 1.82) is 0 Å². The lowest BCUT2D eigenvalue weighted by atomic mass is 9.82. The van der Waals surface area contributed by atoms with Crippen LogP contribution in [0.3, 0.4) is 0 Å². The predicted octanol–water partition coefficient (Wildman–Crippen LogP) is 15.7. The van der Waals surface area contributed by atoms with E-state index in [1.807, 2.05) is 0 Å². The van der Waals surface area contributed by atoms with Crippen LogP contribution in [0.25, 0.3) is 0 Å². The fourth-order valence-electron chi connectivity index (χ4n) is 4.39. The Labute approximate surface area is 374 Å². The van der Waals surface area contributed by atoms with Crippen LogP contribution in [0, 0.1) is 0 Å². The maximum atomic E-state index is 14.1. The molecule has 0 saturated heterocycles. The van der Waals surface area contributed by atoms with Crippen LogP contribution < -0.4 is 0 Å². The first-order chi connectivity index (χ1) is 31.7. The van der Waals surface area contributed by atoms with Crippen molar-refractivity contribution in [3.63, 3.8) is 0 Å². The first-order valence-corrected chi connectivity index (χ1v) is 15.7. The number of carbonyl (C=O) groups is 1. The van der Waals surface area contributed by atoms with Crippen LogP contribution in [-0.2, 0) is 4.79 Å². The Morgan fingerprint density at radius 1 is 0.132 bits per heavy atom. The summed E-state index contributed by atoms with van der Waals surface area (Å²) in [4.78, 5) is 11.2. The second kappa shape index (κ2) is 17.1. The molecule has 456 valence electrons. The molecule has 76 heavy (non-hydrogen) atoms. The van der Waals surface area contributed by atoms with Gasteiger partial charge in [0.25, 0.3) is 5.78 Å². The zero-order chi connectivity index (χ0) is 63.6. The fourth-order valence-corrected chi connectivity index (χ4v) is 4.39. The van der Waals surface area contributed by atoms with Crippen molar-refractivity contribution in [2.45, 2.75) is 143 Å². The van der Waals surface area contributed by atoms with Crippen LogP contribution in [0.15, 0.2) is 0 Å². The number of ketones is 1. The van der Waals surface area contributed by atoms with E-state index in [4.69, 9.17) is 0 Å². The van der Waals surface area contributed by atoms with Crippen LogP contribution in [0.2, 0.25) is 0 Å². The van der Waals surface area contributed by atoms with Gasteiger partial charge in [-0.05, 0) is 0 Å². The maximum Gasteiger partial charge on any atom is 0.460 e. The number of halogens is 50. The Morgan fingerprint density at radius 2 is 0.211 bits per heavy atom. The summed E-state index contributed by atoms with van der Waals surface area (Å²) in [6, 6.07) is 0. The molecule has 0 radical (unpaired) electrons. The minimum absolute atomic E-state index is 7.51. The molecule has 0 aromatic carbocycles. The molecule has 0 fully saturated rings. The monoisotopic (exact) mass is 1270 g/mol. The molecule has 0 heterocycles. The molecular formula is C25F50O. The van der Waals surface area contributed by atoms with Gasteiger partial charge in [0.05, 0.1) is 0 Å². The maximum absolute atomic E-state index is 14.1. The third-order valence-electron chi connectivity index (χ3n) is 9.17. The highest BCUT2D eigenvalue weighted by Gasteiger charge is 3.03. The molecule has 0 aliphatic carbocycles. The van der Waals surface area contributed by atoms with Crippen LogP contribution in [-0.4, -0.2) is 148 Å². The van der Waals surface area contributed by atoms with Crippen molar-refractivity contribution in [1.82, 2.24) is 0 Å². The second-order valence-electron chi connectivity index (χ2n) is 14.0. The Bertz CT molecular complexity index is 1990. The molecule has 0 bridgehead atoms. The van der Waals surface area contributed by atoms with Gasteiger partial charge < -0.3 is 0 Å². The van der Waals surface area contributed by atoms with Gasteiger partial charge in [-0.25, -0.2) is 0 Å². The van der Waals surface area contributed by atoms with E-state index in [1.165, 1.54) is 0 Å². The summed E-state index contributed by atoms with van der Waals surface area (Å²) in [6.45, 7) is 0. The first kappa shape index (κ1) is 72.2. The molecule has 0 saturated carbocycles. The zero-order valence-electron chi connectivity index (χ0n) is 31.8. The van der Waals surface area contributed by atoms with Crippen LogP contribution in [0.5, 0.6) is 0 Å². The van der Waals surface area contributed by atoms with Gasteiger partial charge in [0.1, 0.15) is 0 Å². The van der Waals surface area contributed by atoms with Gasteiger partial charge in [-0.15, -0.1) is 0 Å². The largest absolute Gasteiger partial charge is 0.460 e. The van der Waals surface area contributed by atoms with E-state index < -0.39 is 148 Å². The van der Waals surface area contributed by atoms with Crippen LogP contribution in [0.4, 0.5) is 220 Å². The standard InChI is InChI=1S/C25F50O/c26-2(27,4(30,31)6(34,35)8(38,39)10(42,43)12(46,47)14(50,51)16(54,55)18(58,59)20(62,63)22(66,67)24(70,71)72)1(76)3(28,29)5(32,33)7(36,37)9(40,41)11(44,45)13(48,49)15(52,53)17(56,57)19(60,61)21(64,65)23(68,69)25(73,74)75. The van der Waals surface area contributed by atoms with Gasteiger partial charge in [-0.1, -0.05) is 0 Å². The van der Waals surface area contributed by atoms with E-state index in [0.717, 1.165) is 0 Å². The average Bonchev–Trinajstić information content (AvgIpc) is 3.17. The number of rotatable bonds is 22. The molecule has 0 rings (SSSR count). The molecule has 0 aromatic rings. The van der Waals surface area contributed by atoms with Crippen molar-refractivity contribution in [3.05, 3.63) is 0 Å². The summed E-state index contributed by atoms with van der Waals surface area (Å²) in [7, 11) is 0. The normalized spacial score (nSPS) is 17.4. The lowest BCUT2D eigenvalue weighted by molar-refractivity contribution is -0.482.